The van der Waals surface area contributed by atoms with Crippen molar-refractivity contribution in [3.05, 3.63) is 59.1 Å². The highest BCUT2D eigenvalue weighted by atomic mass is 32.2. The number of imide groups is 1. The maximum absolute atomic E-state index is 11.8. The van der Waals surface area contributed by atoms with Crippen LogP contribution in [0.1, 0.15) is 24.1 Å². The predicted molar refractivity (Wildman–Crippen MR) is 130 cm³/mol. The number of thioether (sulfide) groups is 1. The molecule has 3 aromatic heterocycles. The van der Waals surface area contributed by atoms with E-state index in [4.69, 9.17) is 0 Å². The molecule has 34 heavy (non-hydrogen) atoms. The largest absolute Gasteiger partial charge is 0.341 e. The number of anilines is 1. The van der Waals surface area contributed by atoms with Crippen molar-refractivity contribution in [1.82, 2.24) is 35.8 Å². The fourth-order valence-electron chi connectivity index (χ4n) is 4.04. The van der Waals surface area contributed by atoms with Gasteiger partial charge in [-0.05, 0) is 66.9 Å². The van der Waals surface area contributed by atoms with Crippen molar-refractivity contribution in [1.29, 1.82) is 0 Å². The van der Waals surface area contributed by atoms with Crippen molar-refractivity contribution < 1.29 is 9.59 Å². The first-order valence-corrected chi connectivity index (χ1v) is 11.9. The van der Waals surface area contributed by atoms with Crippen LogP contribution < -0.4 is 15.5 Å². The number of hydrogen-bond donors (Lipinski definition) is 3. The molecule has 0 aliphatic carbocycles. The number of H-pyrrole nitrogens is 1. The van der Waals surface area contributed by atoms with E-state index in [1.165, 1.54) is 5.56 Å². The Morgan fingerprint density at radius 1 is 1.18 bits per heavy atom. The van der Waals surface area contributed by atoms with Crippen LogP contribution in [0.5, 0.6) is 0 Å². The van der Waals surface area contributed by atoms with Gasteiger partial charge in [-0.1, -0.05) is 0 Å². The molecule has 2 aliphatic heterocycles. The summed E-state index contributed by atoms with van der Waals surface area (Å²) in [6, 6.07) is 5.85. The Bertz CT molecular complexity index is 1210. The highest BCUT2D eigenvalue weighted by molar-refractivity contribution is 8.18. The van der Waals surface area contributed by atoms with E-state index in [0.717, 1.165) is 62.0 Å². The molecule has 11 heteroatoms. The van der Waals surface area contributed by atoms with Crippen molar-refractivity contribution in [2.75, 3.05) is 24.5 Å². The van der Waals surface area contributed by atoms with Crippen molar-refractivity contribution in [2.24, 2.45) is 5.92 Å². The molecule has 0 bridgehead atoms. The number of carbonyl (C=O) groups is 2. The zero-order valence-corrected chi connectivity index (χ0v) is 19.2. The van der Waals surface area contributed by atoms with Gasteiger partial charge in [-0.3, -0.25) is 25.0 Å². The van der Waals surface area contributed by atoms with E-state index in [0.29, 0.717) is 22.5 Å². The summed E-state index contributed by atoms with van der Waals surface area (Å²) in [5.41, 5.74) is 3.71. The summed E-state index contributed by atoms with van der Waals surface area (Å²) in [6.07, 6.45) is 10.9. The number of piperidine rings is 1. The van der Waals surface area contributed by atoms with Crippen LogP contribution in [0, 0.1) is 5.92 Å². The Kier molecular flexibility index (Phi) is 6.63. The molecule has 3 aromatic rings. The number of amides is 2. The Morgan fingerprint density at radius 2 is 2.03 bits per heavy atom. The molecule has 5 heterocycles. The summed E-state index contributed by atoms with van der Waals surface area (Å²) >= 11 is 0.889. The van der Waals surface area contributed by atoms with E-state index < -0.39 is 0 Å². The minimum atomic E-state index is -0.382. The van der Waals surface area contributed by atoms with Crippen LogP contribution in [0.2, 0.25) is 0 Å². The van der Waals surface area contributed by atoms with Crippen molar-refractivity contribution in [3.63, 3.8) is 0 Å². The molecule has 2 aliphatic rings. The zero-order valence-electron chi connectivity index (χ0n) is 18.4. The van der Waals surface area contributed by atoms with Crippen LogP contribution in [-0.4, -0.2) is 55.9 Å². The molecule has 2 fully saturated rings. The number of nitrogens with one attached hydrogen (secondary N) is 3. The molecule has 174 valence electrons. The molecule has 3 N–H and O–H groups in total. The third-order valence-corrected chi connectivity index (χ3v) is 6.67. The van der Waals surface area contributed by atoms with Gasteiger partial charge in [0.2, 0.25) is 5.95 Å². The van der Waals surface area contributed by atoms with E-state index in [9.17, 15) is 9.59 Å². The summed E-state index contributed by atoms with van der Waals surface area (Å²) < 4.78 is 0. The van der Waals surface area contributed by atoms with Gasteiger partial charge in [0.1, 0.15) is 0 Å². The maximum atomic E-state index is 11.8. The molecule has 0 unspecified atom stereocenters. The normalized spacial score (nSPS) is 18.0. The SMILES string of the molecule is O=C1NC(=O)C(=Cc2ccnc(N3CCC(CNCc4ccnc(-c5cn[nH]c5)c4)CC3)n2)S1. The molecule has 0 radical (unpaired) electrons. The number of hydrogen-bond acceptors (Lipinski definition) is 9. The van der Waals surface area contributed by atoms with Crippen LogP contribution in [0.15, 0.2) is 47.9 Å². The Balaban J connectivity index is 1.11. The second-order valence-corrected chi connectivity index (χ2v) is 9.25. The van der Waals surface area contributed by atoms with E-state index in [-0.39, 0.29) is 11.1 Å². The van der Waals surface area contributed by atoms with E-state index in [2.05, 4.69) is 46.7 Å². The summed E-state index contributed by atoms with van der Waals surface area (Å²) in [7, 11) is 0. The Hall–Kier alpha value is -3.57. The highest BCUT2D eigenvalue weighted by Crippen LogP contribution is 2.26. The molecular weight excluding hydrogens is 452 g/mol. The smallest absolute Gasteiger partial charge is 0.290 e. The monoisotopic (exact) mass is 476 g/mol. The fraction of sp³-hybridized carbons (Fsp3) is 0.304. The standard InChI is InChI=1S/C23H24N8O2S/c32-21-20(34-23(33)30-21)10-18-2-6-26-22(29-18)31-7-3-15(4-8-31)11-24-12-16-1-5-25-19(9-16)17-13-27-28-14-17/h1-2,5-6,9-10,13-15,24H,3-4,7-8,11-12H2,(H,27,28)(H,30,32,33). The van der Waals surface area contributed by atoms with E-state index >= 15 is 0 Å². The maximum Gasteiger partial charge on any atom is 0.290 e. The van der Waals surface area contributed by atoms with Gasteiger partial charge in [0.05, 0.1) is 22.5 Å². The van der Waals surface area contributed by atoms with Crippen molar-refractivity contribution in [3.8, 4) is 11.3 Å². The first-order chi connectivity index (χ1) is 16.6. The van der Waals surface area contributed by atoms with Gasteiger partial charge in [-0.25, -0.2) is 9.97 Å². The van der Waals surface area contributed by atoms with Gasteiger partial charge < -0.3 is 10.2 Å². The lowest BCUT2D eigenvalue weighted by molar-refractivity contribution is -0.115. The molecule has 2 amide bonds. The number of pyridine rings is 1. The third kappa shape index (κ3) is 5.32. The van der Waals surface area contributed by atoms with Crippen LogP contribution in [0.3, 0.4) is 0 Å². The van der Waals surface area contributed by atoms with Gasteiger partial charge in [0.25, 0.3) is 11.1 Å². The Labute approximate surface area is 200 Å². The van der Waals surface area contributed by atoms with Gasteiger partial charge in [0.15, 0.2) is 0 Å². The predicted octanol–water partition coefficient (Wildman–Crippen LogP) is 2.59. The average molecular weight is 477 g/mol. The number of aromatic nitrogens is 5. The fourth-order valence-corrected chi connectivity index (χ4v) is 4.71. The summed E-state index contributed by atoms with van der Waals surface area (Å²) in [6.45, 7) is 3.49. The summed E-state index contributed by atoms with van der Waals surface area (Å²) in [5.74, 6) is 0.855. The van der Waals surface area contributed by atoms with Crippen LogP contribution in [-0.2, 0) is 11.3 Å². The first kappa shape index (κ1) is 22.2. The van der Waals surface area contributed by atoms with Crippen LogP contribution in [0.25, 0.3) is 17.3 Å². The lowest BCUT2D eigenvalue weighted by Gasteiger charge is -2.32. The topological polar surface area (TPSA) is 129 Å². The molecular formula is C23H24N8O2S. The lowest BCUT2D eigenvalue weighted by atomic mass is 9.97. The van der Waals surface area contributed by atoms with Crippen LogP contribution >= 0.6 is 11.8 Å². The van der Waals surface area contributed by atoms with Gasteiger partial charge >= 0.3 is 0 Å². The van der Waals surface area contributed by atoms with Gasteiger partial charge in [-0.2, -0.15) is 5.10 Å². The quantitative estimate of drug-likeness (QED) is 0.441. The zero-order chi connectivity index (χ0) is 23.3. The second kappa shape index (κ2) is 10.1. The van der Waals surface area contributed by atoms with Gasteiger partial charge in [-0.15, -0.1) is 0 Å². The summed E-state index contributed by atoms with van der Waals surface area (Å²) in [4.78, 5) is 39.1. The van der Waals surface area contributed by atoms with Gasteiger partial charge in [0, 0.05) is 43.8 Å². The molecule has 0 aromatic carbocycles. The Morgan fingerprint density at radius 3 is 2.79 bits per heavy atom. The molecule has 0 atom stereocenters. The molecule has 2 saturated heterocycles. The lowest BCUT2D eigenvalue weighted by Crippen LogP contribution is -2.38. The number of aromatic amines is 1. The molecule has 5 rings (SSSR count). The third-order valence-electron chi connectivity index (χ3n) is 5.86. The minimum absolute atomic E-state index is 0.352. The van der Waals surface area contributed by atoms with E-state index in [1.54, 1.807) is 24.5 Å². The van der Waals surface area contributed by atoms with Crippen LogP contribution in [0.4, 0.5) is 10.7 Å². The molecule has 0 spiro atoms. The molecule has 0 saturated carbocycles. The minimum Gasteiger partial charge on any atom is -0.341 e. The van der Waals surface area contributed by atoms with E-state index in [1.807, 2.05) is 18.5 Å². The van der Waals surface area contributed by atoms with Crippen molar-refractivity contribution >= 4 is 34.9 Å². The highest BCUT2D eigenvalue weighted by Gasteiger charge is 2.25. The molecule has 10 nitrogen and oxygen atoms in total. The van der Waals surface area contributed by atoms with Crippen molar-refractivity contribution in [2.45, 2.75) is 19.4 Å². The number of carbonyl (C=O) groups excluding carboxylic acids is 2. The number of rotatable bonds is 7. The second-order valence-electron chi connectivity index (χ2n) is 8.23. The average Bonchev–Trinajstić information content (AvgIpc) is 3.50. The number of nitrogens with zero attached hydrogens (tertiary/aromatic N) is 5. The summed E-state index contributed by atoms with van der Waals surface area (Å²) in [5, 5.41) is 12.3. The first-order valence-electron chi connectivity index (χ1n) is 11.1.